The molecule has 1 atom stereocenters. The lowest BCUT2D eigenvalue weighted by molar-refractivity contribution is -0.115. The van der Waals surface area contributed by atoms with Crippen molar-refractivity contribution >= 4 is 17.6 Å². The molecule has 1 aromatic heterocycles. The molecule has 2 aromatic carbocycles. The average Bonchev–Trinajstić information content (AvgIpc) is 3.13. The first-order valence-electron chi connectivity index (χ1n) is 10.0. The molecule has 4 rings (SSSR count). The second-order valence-corrected chi connectivity index (χ2v) is 8.03. The van der Waals surface area contributed by atoms with Crippen molar-refractivity contribution in [3.63, 3.8) is 0 Å². The lowest BCUT2D eigenvalue weighted by atomic mass is 9.97. The number of ketones is 1. The number of nitrogens with zero attached hydrogens (tertiary/aromatic N) is 2. The van der Waals surface area contributed by atoms with Gasteiger partial charge in [0.25, 0.3) is 5.56 Å². The van der Waals surface area contributed by atoms with Crippen LogP contribution in [0.25, 0.3) is 11.8 Å². The molecule has 1 aliphatic rings. The van der Waals surface area contributed by atoms with Crippen LogP contribution in [0, 0.1) is 27.7 Å². The molecule has 0 amide bonds. The number of H-pyrrole nitrogens is 1. The Balaban J connectivity index is 1.76. The van der Waals surface area contributed by atoms with E-state index in [2.05, 4.69) is 10.1 Å². The van der Waals surface area contributed by atoms with E-state index in [-0.39, 0.29) is 11.3 Å². The van der Waals surface area contributed by atoms with Crippen LogP contribution >= 0.6 is 0 Å². The highest BCUT2D eigenvalue weighted by atomic mass is 16.1. The van der Waals surface area contributed by atoms with Gasteiger partial charge in [0, 0.05) is 17.0 Å². The number of Topliss-reactive ketones (excluding diaryl/α,β-unsaturated/α-hetero) is 1. The topological polar surface area (TPSA) is 67.2 Å². The van der Waals surface area contributed by atoms with Gasteiger partial charge in [0.2, 0.25) is 0 Å². The van der Waals surface area contributed by atoms with Crippen LogP contribution in [-0.4, -0.2) is 21.3 Å². The zero-order chi connectivity index (χ0) is 21.6. The summed E-state index contributed by atoms with van der Waals surface area (Å²) in [5, 5.41) is 3.15. The summed E-state index contributed by atoms with van der Waals surface area (Å²) in [5.74, 6) is -0.0730. The lowest BCUT2D eigenvalue weighted by Gasteiger charge is -2.07. The van der Waals surface area contributed by atoms with Crippen molar-refractivity contribution in [3.8, 4) is 5.69 Å². The van der Waals surface area contributed by atoms with E-state index < -0.39 is 6.04 Å². The van der Waals surface area contributed by atoms with E-state index in [1.807, 2.05) is 77.1 Å². The Labute approximate surface area is 175 Å². The SMILES string of the molecule is CC1=NC(c2cccc(C)c2)C(=O)/C1=C/c1c(C)[nH]n(-c2ccc(C)cc2C)c1=O. The summed E-state index contributed by atoms with van der Waals surface area (Å²) in [6.45, 7) is 9.66. The van der Waals surface area contributed by atoms with Crippen molar-refractivity contribution in [2.24, 2.45) is 4.99 Å². The maximum atomic E-state index is 13.2. The third-order valence-corrected chi connectivity index (χ3v) is 5.58. The van der Waals surface area contributed by atoms with Gasteiger partial charge in [-0.05, 0) is 57.9 Å². The van der Waals surface area contributed by atoms with Crippen molar-refractivity contribution in [3.05, 3.63) is 91.9 Å². The number of hydrogen-bond acceptors (Lipinski definition) is 3. The van der Waals surface area contributed by atoms with Gasteiger partial charge in [-0.3, -0.25) is 19.7 Å². The molecule has 0 bridgehead atoms. The Morgan fingerprint density at radius 2 is 1.70 bits per heavy atom. The molecule has 1 aliphatic heterocycles. The molecule has 0 radical (unpaired) electrons. The average molecular weight is 399 g/mol. The van der Waals surface area contributed by atoms with E-state index in [4.69, 9.17) is 0 Å². The molecule has 0 saturated carbocycles. The van der Waals surface area contributed by atoms with E-state index in [1.54, 1.807) is 10.8 Å². The smallest absolute Gasteiger partial charge is 0.278 e. The highest BCUT2D eigenvalue weighted by Crippen LogP contribution is 2.30. The summed E-state index contributed by atoms with van der Waals surface area (Å²) in [4.78, 5) is 30.9. The van der Waals surface area contributed by atoms with Gasteiger partial charge in [-0.25, -0.2) is 4.68 Å². The number of carbonyl (C=O) groups excluding carboxylic acids is 1. The van der Waals surface area contributed by atoms with Gasteiger partial charge in [-0.15, -0.1) is 0 Å². The number of aromatic amines is 1. The molecule has 2 heterocycles. The fourth-order valence-corrected chi connectivity index (χ4v) is 3.99. The van der Waals surface area contributed by atoms with Crippen LogP contribution in [0.15, 0.2) is 57.8 Å². The summed E-state index contributed by atoms with van der Waals surface area (Å²) in [6, 6.07) is 13.2. The first kappa shape index (κ1) is 19.8. The number of rotatable bonds is 3. The molecule has 30 heavy (non-hydrogen) atoms. The van der Waals surface area contributed by atoms with Crippen LogP contribution in [0.3, 0.4) is 0 Å². The van der Waals surface area contributed by atoms with E-state index in [9.17, 15) is 9.59 Å². The van der Waals surface area contributed by atoms with Gasteiger partial charge >= 0.3 is 0 Å². The number of aromatic nitrogens is 2. The number of benzene rings is 2. The minimum Gasteiger partial charge on any atom is -0.295 e. The summed E-state index contributed by atoms with van der Waals surface area (Å²) in [5.41, 5.74) is 7.09. The highest BCUT2D eigenvalue weighted by molar-refractivity contribution is 6.30. The zero-order valence-electron chi connectivity index (χ0n) is 17.9. The number of hydrogen-bond donors (Lipinski definition) is 1. The largest absolute Gasteiger partial charge is 0.295 e. The van der Waals surface area contributed by atoms with Gasteiger partial charge in [0.1, 0.15) is 6.04 Å². The standard InChI is InChI=1S/C25H25N3O2/c1-14-7-6-8-19(12-14)23-24(29)20(17(4)26-23)13-21-18(5)27-28(25(21)30)22-10-9-15(2)11-16(22)3/h6-13,23,27H,1-5H3/b20-13+. The number of nitrogens with one attached hydrogen (secondary N) is 1. The maximum Gasteiger partial charge on any atom is 0.278 e. The number of aliphatic imine (C=N–C) groups is 1. The van der Waals surface area contributed by atoms with E-state index in [0.717, 1.165) is 27.9 Å². The van der Waals surface area contributed by atoms with Gasteiger partial charge in [0.15, 0.2) is 5.78 Å². The minimum atomic E-state index is -0.544. The Kier molecular flexibility index (Phi) is 4.90. The van der Waals surface area contributed by atoms with E-state index in [0.29, 0.717) is 22.5 Å². The number of aryl methyl sites for hydroxylation is 4. The first-order chi connectivity index (χ1) is 14.3. The van der Waals surface area contributed by atoms with Gasteiger partial charge < -0.3 is 0 Å². The van der Waals surface area contributed by atoms with Crippen molar-refractivity contribution in [2.45, 2.75) is 40.7 Å². The summed E-state index contributed by atoms with van der Waals surface area (Å²) in [7, 11) is 0. The first-order valence-corrected chi connectivity index (χ1v) is 10.0. The molecular formula is C25H25N3O2. The fourth-order valence-electron chi connectivity index (χ4n) is 3.99. The van der Waals surface area contributed by atoms with Crippen LogP contribution in [0.5, 0.6) is 0 Å². The molecule has 152 valence electrons. The zero-order valence-corrected chi connectivity index (χ0v) is 17.9. The quantitative estimate of drug-likeness (QED) is 0.656. The molecule has 0 spiro atoms. The van der Waals surface area contributed by atoms with Gasteiger partial charge in [-0.2, -0.15) is 0 Å². The molecule has 0 fully saturated rings. The minimum absolute atomic E-state index is 0.0730. The van der Waals surface area contributed by atoms with Crippen molar-refractivity contribution in [1.82, 2.24) is 9.78 Å². The molecule has 1 unspecified atom stereocenters. The molecule has 3 aromatic rings. The normalized spacial score (nSPS) is 17.6. The van der Waals surface area contributed by atoms with Crippen LogP contribution in [0.2, 0.25) is 0 Å². The van der Waals surface area contributed by atoms with Crippen LogP contribution in [0.4, 0.5) is 0 Å². The Hall–Kier alpha value is -3.47. The molecular weight excluding hydrogens is 374 g/mol. The second kappa shape index (κ2) is 7.41. The van der Waals surface area contributed by atoms with Crippen molar-refractivity contribution in [2.75, 3.05) is 0 Å². The molecule has 0 saturated heterocycles. The third kappa shape index (κ3) is 3.36. The van der Waals surface area contributed by atoms with Gasteiger partial charge in [-0.1, -0.05) is 47.5 Å². The Morgan fingerprint density at radius 3 is 2.40 bits per heavy atom. The predicted molar refractivity (Wildman–Crippen MR) is 121 cm³/mol. The van der Waals surface area contributed by atoms with Crippen molar-refractivity contribution < 1.29 is 4.79 Å². The Morgan fingerprint density at radius 1 is 0.967 bits per heavy atom. The summed E-state index contributed by atoms with van der Waals surface area (Å²) < 4.78 is 1.54. The van der Waals surface area contributed by atoms with Crippen molar-refractivity contribution in [1.29, 1.82) is 0 Å². The molecule has 0 aliphatic carbocycles. The van der Waals surface area contributed by atoms with Gasteiger partial charge in [0.05, 0.1) is 11.3 Å². The maximum absolute atomic E-state index is 13.2. The number of carbonyl (C=O) groups is 1. The predicted octanol–water partition coefficient (Wildman–Crippen LogP) is 4.57. The van der Waals surface area contributed by atoms with Crippen LogP contribution in [0.1, 0.15) is 46.5 Å². The second-order valence-electron chi connectivity index (χ2n) is 8.03. The van der Waals surface area contributed by atoms with E-state index in [1.165, 1.54) is 0 Å². The third-order valence-electron chi connectivity index (χ3n) is 5.58. The van der Waals surface area contributed by atoms with Crippen LogP contribution < -0.4 is 5.56 Å². The summed E-state index contributed by atoms with van der Waals surface area (Å²) in [6.07, 6.45) is 1.69. The summed E-state index contributed by atoms with van der Waals surface area (Å²) >= 11 is 0. The van der Waals surface area contributed by atoms with Crippen LogP contribution in [-0.2, 0) is 4.79 Å². The molecule has 1 N–H and O–H groups in total. The highest BCUT2D eigenvalue weighted by Gasteiger charge is 2.31. The molecule has 5 heteroatoms. The molecule has 5 nitrogen and oxygen atoms in total. The fraction of sp³-hybridized carbons (Fsp3) is 0.240. The monoisotopic (exact) mass is 399 g/mol. The lowest BCUT2D eigenvalue weighted by Crippen LogP contribution is -2.17. The van der Waals surface area contributed by atoms with E-state index >= 15 is 0 Å². The Bertz CT molecular complexity index is 1290.